The zero-order valence-electron chi connectivity index (χ0n) is 15.4. The molecule has 3 aromatic rings. The summed E-state index contributed by atoms with van der Waals surface area (Å²) in [6, 6.07) is 9.98. The highest BCUT2D eigenvalue weighted by Gasteiger charge is 2.36. The first-order valence-corrected chi connectivity index (χ1v) is 8.97. The number of halogens is 4. The summed E-state index contributed by atoms with van der Waals surface area (Å²) in [4.78, 5) is 17.9. The van der Waals surface area contributed by atoms with Gasteiger partial charge in [0, 0.05) is 18.7 Å². The Kier molecular flexibility index (Phi) is 5.15. The molecule has 156 valence electrons. The van der Waals surface area contributed by atoms with Gasteiger partial charge in [0.25, 0.3) is 5.91 Å². The van der Waals surface area contributed by atoms with Crippen molar-refractivity contribution in [3.63, 3.8) is 0 Å². The molecule has 0 N–H and O–H groups in total. The number of ether oxygens (including phenoxy) is 1. The average Bonchev–Trinajstić information content (AvgIpc) is 3.15. The van der Waals surface area contributed by atoms with Gasteiger partial charge in [0.15, 0.2) is 6.61 Å². The molecule has 1 amide bonds. The minimum absolute atomic E-state index is 0.0560. The van der Waals surface area contributed by atoms with E-state index in [1.807, 2.05) is 0 Å². The molecular weight excluding hydrogens is 406 g/mol. The van der Waals surface area contributed by atoms with E-state index in [0.717, 1.165) is 12.1 Å². The third-order valence-corrected chi connectivity index (χ3v) is 4.65. The Labute approximate surface area is 168 Å². The van der Waals surface area contributed by atoms with Crippen LogP contribution in [0.1, 0.15) is 17.4 Å². The summed E-state index contributed by atoms with van der Waals surface area (Å²) in [5.74, 6) is -0.167. The third-order valence-electron chi connectivity index (χ3n) is 4.65. The monoisotopic (exact) mass is 421 g/mol. The molecule has 1 aliphatic heterocycles. The normalized spacial score (nSPS) is 14.5. The summed E-state index contributed by atoms with van der Waals surface area (Å²) in [7, 11) is 0. The van der Waals surface area contributed by atoms with Gasteiger partial charge in [0.2, 0.25) is 11.7 Å². The van der Waals surface area contributed by atoms with Crippen LogP contribution in [-0.2, 0) is 11.0 Å². The van der Waals surface area contributed by atoms with Crippen LogP contribution >= 0.6 is 0 Å². The number of likely N-dealkylation sites (tertiary alicyclic amines) is 1. The molecule has 6 nitrogen and oxygen atoms in total. The number of nitrogens with zero attached hydrogens (tertiary/aromatic N) is 3. The van der Waals surface area contributed by atoms with Crippen molar-refractivity contribution >= 4 is 5.91 Å². The van der Waals surface area contributed by atoms with Crippen LogP contribution in [0, 0.1) is 5.82 Å². The first kappa shape index (κ1) is 19.9. The van der Waals surface area contributed by atoms with E-state index in [1.54, 1.807) is 0 Å². The zero-order chi connectivity index (χ0) is 21.3. The zero-order valence-corrected chi connectivity index (χ0v) is 15.4. The summed E-state index contributed by atoms with van der Waals surface area (Å²) in [6.45, 7) is 0.462. The number of alkyl halides is 3. The van der Waals surface area contributed by atoms with Crippen LogP contribution in [0.3, 0.4) is 0 Å². The van der Waals surface area contributed by atoms with Crippen molar-refractivity contribution in [3.05, 3.63) is 65.8 Å². The van der Waals surface area contributed by atoms with Crippen molar-refractivity contribution in [2.75, 3.05) is 19.7 Å². The molecule has 10 heteroatoms. The van der Waals surface area contributed by atoms with Gasteiger partial charge in [0.1, 0.15) is 11.6 Å². The minimum Gasteiger partial charge on any atom is -0.484 e. The summed E-state index contributed by atoms with van der Waals surface area (Å²) in [5, 5.41) is 3.75. The van der Waals surface area contributed by atoms with Crippen molar-refractivity contribution in [1.29, 1.82) is 0 Å². The minimum atomic E-state index is -4.46. The maximum Gasteiger partial charge on any atom is 0.416 e. The molecule has 30 heavy (non-hydrogen) atoms. The van der Waals surface area contributed by atoms with E-state index in [4.69, 9.17) is 9.26 Å². The second kappa shape index (κ2) is 7.77. The van der Waals surface area contributed by atoms with Crippen molar-refractivity contribution in [3.8, 4) is 17.1 Å². The van der Waals surface area contributed by atoms with Gasteiger partial charge in [-0.2, -0.15) is 18.2 Å². The van der Waals surface area contributed by atoms with Crippen molar-refractivity contribution in [2.24, 2.45) is 0 Å². The Morgan fingerprint density at radius 2 is 1.90 bits per heavy atom. The predicted molar refractivity (Wildman–Crippen MR) is 96.0 cm³/mol. The lowest BCUT2D eigenvalue weighted by molar-refractivity contribution is -0.138. The third kappa shape index (κ3) is 4.27. The van der Waals surface area contributed by atoms with E-state index in [0.29, 0.717) is 18.8 Å². The molecular formula is C20H15F4N3O3. The second-order valence-electron chi connectivity index (χ2n) is 6.77. The van der Waals surface area contributed by atoms with Crippen LogP contribution in [0.2, 0.25) is 0 Å². The van der Waals surface area contributed by atoms with Gasteiger partial charge >= 0.3 is 6.18 Å². The molecule has 0 atom stereocenters. The molecule has 0 aliphatic carbocycles. The number of aromatic nitrogens is 2. The van der Waals surface area contributed by atoms with Gasteiger partial charge in [-0.3, -0.25) is 4.79 Å². The summed E-state index contributed by atoms with van der Waals surface area (Å²) >= 11 is 0. The number of amides is 1. The van der Waals surface area contributed by atoms with Gasteiger partial charge in [-0.1, -0.05) is 17.3 Å². The SMILES string of the molecule is O=C(COc1ccc(F)cc1)N1CC(c2nc(-c3cccc(C(F)(F)F)c3)no2)C1. The Bertz CT molecular complexity index is 1040. The van der Waals surface area contributed by atoms with E-state index in [9.17, 15) is 22.4 Å². The van der Waals surface area contributed by atoms with Gasteiger partial charge in [-0.15, -0.1) is 0 Å². The van der Waals surface area contributed by atoms with E-state index >= 15 is 0 Å². The van der Waals surface area contributed by atoms with Crippen LogP contribution in [0.5, 0.6) is 5.75 Å². The molecule has 2 heterocycles. The number of hydrogen-bond acceptors (Lipinski definition) is 5. The standard InChI is InChI=1S/C20H15F4N3O3/c21-15-4-6-16(7-5-15)29-11-17(28)27-9-13(10-27)19-25-18(26-30-19)12-2-1-3-14(8-12)20(22,23)24/h1-8,13H,9-11H2. The second-order valence-corrected chi connectivity index (χ2v) is 6.77. The molecule has 1 fully saturated rings. The van der Waals surface area contributed by atoms with Crippen molar-refractivity contribution in [2.45, 2.75) is 12.1 Å². The molecule has 0 bridgehead atoms. The molecule has 1 saturated heterocycles. The lowest BCUT2D eigenvalue weighted by Gasteiger charge is -2.36. The fraction of sp³-hybridized carbons (Fsp3) is 0.250. The smallest absolute Gasteiger partial charge is 0.416 e. The molecule has 0 radical (unpaired) electrons. The largest absolute Gasteiger partial charge is 0.484 e. The number of carbonyl (C=O) groups is 1. The number of carbonyl (C=O) groups excluding carboxylic acids is 1. The molecule has 0 saturated carbocycles. The molecule has 0 unspecified atom stereocenters. The van der Waals surface area contributed by atoms with Gasteiger partial charge in [-0.25, -0.2) is 4.39 Å². The van der Waals surface area contributed by atoms with E-state index in [1.165, 1.54) is 41.3 Å². The highest BCUT2D eigenvalue weighted by Crippen LogP contribution is 2.32. The van der Waals surface area contributed by atoms with Crippen molar-refractivity contribution < 1.29 is 31.6 Å². The lowest BCUT2D eigenvalue weighted by Crippen LogP contribution is -2.50. The van der Waals surface area contributed by atoms with Gasteiger partial charge in [0.05, 0.1) is 11.5 Å². The molecule has 1 aromatic heterocycles. The number of rotatable bonds is 5. The highest BCUT2D eigenvalue weighted by atomic mass is 19.4. The fourth-order valence-corrected chi connectivity index (χ4v) is 2.96. The van der Waals surface area contributed by atoms with Crippen LogP contribution in [0.4, 0.5) is 17.6 Å². The molecule has 2 aromatic carbocycles. The Hall–Kier alpha value is -3.43. The quantitative estimate of drug-likeness (QED) is 0.585. The predicted octanol–water partition coefficient (Wildman–Crippen LogP) is 3.90. The summed E-state index contributed by atoms with van der Waals surface area (Å²) in [6.07, 6.45) is -4.46. The maximum absolute atomic E-state index is 12.9. The Balaban J connectivity index is 1.33. The maximum atomic E-state index is 12.9. The number of benzene rings is 2. The van der Waals surface area contributed by atoms with Crippen LogP contribution in [0.25, 0.3) is 11.4 Å². The lowest BCUT2D eigenvalue weighted by atomic mass is 10.00. The molecule has 1 aliphatic rings. The number of hydrogen-bond donors (Lipinski definition) is 0. The molecule has 4 rings (SSSR count). The fourth-order valence-electron chi connectivity index (χ4n) is 2.96. The summed E-state index contributed by atoms with van der Waals surface area (Å²) < 4.78 is 61.9. The van der Waals surface area contributed by atoms with Crippen LogP contribution < -0.4 is 4.74 Å². The van der Waals surface area contributed by atoms with Gasteiger partial charge < -0.3 is 14.2 Å². The topological polar surface area (TPSA) is 68.5 Å². The van der Waals surface area contributed by atoms with E-state index in [-0.39, 0.29) is 35.7 Å². The highest BCUT2D eigenvalue weighted by molar-refractivity contribution is 5.78. The first-order valence-electron chi connectivity index (χ1n) is 8.97. The first-order chi connectivity index (χ1) is 14.3. The van der Waals surface area contributed by atoms with Crippen LogP contribution in [0.15, 0.2) is 53.1 Å². The van der Waals surface area contributed by atoms with Gasteiger partial charge in [-0.05, 0) is 36.4 Å². The van der Waals surface area contributed by atoms with Crippen LogP contribution in [-0.4, -0.2) is 40.6 Å². The summed E-state index contributed by atoms with van der Waals surface area (Å²) in [5.41, 5.74) is -0.604. The Morgan fingerprint density at radius 3 is 2.60 bits per heavy atom. The Morgan fingerprint density at radius 1 is 1.17 bits per heavy atom. The van der Waals surface area contributed by atoms with E-state index in [2.05, 4.69) is 10.1 Å². The van der Waals surface area contributed by atoms with Crippen molar-refractivity contribution in [1.82, 2.24) is 15.0 Å². The molecule has 0 spiro atoms. The average molecular weight is 421 g/mol. The van der Waals surface area contributed by atoms with E-state index < -0.39 is 17.6 Å².